The zero-order valence-electron chi connectivity index (χ0n) is 12.4. The Morgan fingerprint density at radius 1 is 1.14 bits per heavy atom. The molecule has 2 aromatic carbocycles. The van der Waals surface area contributed by atoms with E-state index in [0.717, 1.165) is 37.5 Å². The minimum absolute atomic E-state index is 0.359. The summed E-state index contributed by atoms with van der Waals surface area (Å²) in [5.74, 6) is 6.18. The van der Waals surface area contributed by atoms with Crippen LogP contribution in [0.3, 0.4) is 0 Å². The SMILES string of the molecule is Cc1nc2c(cc(Br)c3ccccc32)c(NN)c1C(C)C. The van der Waals surface area contributed by atoms with E-state index < -0.39 is 0 Å². The molecule has 0 aliphatic heterocycles. The Labute approximate surface area is 132 Å². The average molecular weight is 344 g/mol. The summed E-state index contributed by atoms with van der Waals surface area (Å²) < 4.78 is 1.06. The molecule has 0 saturated carbocycles. The highest BCUT2D eigenvalue weighted by Gasteiger charge is 2.17. The summed E-state index contributed by atoms with van der Waals surface area (Å²) in [6.07, 6.45) is 0. The molecule has 3 nitrogen and oxygen atoms in total. The van der Waals surface area contributed by atoms with Gasteiger partial charge in [0.25, 0.3) is 0 Å². The van der Waals surface area contributed by atoms with E-state index in [2.05, 4.69) is 53.4 Å². The first kappa shape index (κ1) is 14.3. The fourth-order valence-corrected chi connectivity index (χ4v) is 3.62. The molecule has 1 aromatic heterocycles. The molecule has 0 unspecified atom stereocenters. The van der Waals surface area contributed by atoms with Crippen molar-refractivity contribution in [3.05, 3.63) is 46.1 Å². The van der Waals surface area contributed by atoms with Crippen molar-refractivity contribution in [2.75, 3.05) is 5.43 Å². The second kappa shape index (κ2) is 5.28. The van der Waals surface area contributed by atoms with E-state index in [1.54, 1.807) is 0 Å². The molecule has 0 amide bonds. The Morgan fingerprint density at radius 3 is 2.43 bits per heavy atom. The monoisotopic (exact) mass is 343 g/mol. The minimum Gasteiger partial charge on any atom is -0.323 e. The molecule has 3 rings (SSSR count). The number of halogens is 1. The maximum Gasteiger partial charge on any atom is 0.0805 e. The Kier molecular flexibility index (Phi) is 3.59. The normalized spacial score (nSPS) is 11.5. The van der Waals surface area contributed by atoms with Gasteiger partial charge in [-0.1, -0.05) is 54.0 Å². The quantitative estimate of drug-likeness (QED) is 0.396. The fourth-order valence-electron chi connectivity index (χ4n) is 3.04. The molecule has 4 heteroatoms. The number of hydrazine groups is 1. The average Bonchev–Trinajstić information content (AvgIpc) is 2.47. The van der Waals surface area contributed by atoms with Gasteiger partial charge < -0.3 is 5.43 Å². The molecule has 3 aromatic rings. The number of anilines is 1. The van der Waals surface area contributed by atoms with Gasteiger partial charge >= 0.3 is 0 Å². The summed E-state index contributed by atoms with van der Waals surface area (Å²) in [4.78, 5) is 4.86. The first-order valence-corrected chi connectivity index (χ1v) is 7.82. The van der Waals surface area contributed by atoms with Crippen molar-refractivity contribution in [1.82, 2.24) is 4.98 Å². The van der Waals surface area contributed by atoms with Crippen LogP contribution in [0.2, 0.25) is 0 Å². The standard InChI is InChI=1S/C17H18BrN3/c1-9(2)15-10(3)20-16-12-7-5-4-6-11(12)14(18)8-13(16)17(15)21-19/h4-9H,19H2,1-3H3,(H,20,21). The largest absolute Gasteiger partial charge is 0.323 e. The lowest BCUT2D eigenvalue weighted by Crippen LogP contribution is -2.12. The van der Waals surface area contributed by atoms with Crippen LogP contribution in [0.5, 0.6) is 0 Å². The number of nitrogens with zero attached hydrogens (tertiary/aromatic N) is 1. The van der Waals surface area contributed by atoms with Crippen LogP contribution < -0.4 is 11.3 Å². The Hall–Kier alpha value is -1.65. The van der Waals surface area contributed by atoms with Crippen molar-refractivity contribution >= 4 is 43.3 Å². The number of benzene rings is 2. The van der Waals surface area contributed by atoms with E-state index in [0.29, 0.717) is 5.92 Å². The molecule has 0 fully saturated rings. The van der Waals surface area contributed by atoms with Crippen LogP contribution in [0.15, 0.2) is 34.8 Å². The smallest absolute Gasteiger partial charge is 0.0805 e. The summed E-state index contributed by atoms with van der Waals surface area (Å²) >= 11 is 3.67. The highest BCUT2D eigenvalue weighted by Crippen LogP contribution is 2.38. The van der Waals surface area contributed by atoms with Crippen LogP contribution in [-0.2, 0) is 0 Å². The third kappa shape index (κ3) is 2.19. The number of pyridine rings is 1. The Bertz CT molecular complexity index is 840. The molecular weight excluding hydrogens is 326 g/mol. The van der Waals surface area contributed by atoms with Gasteiger partial charge in [-0.25, -0.2) is 0 Å². The predicted octanol–water partition coefficient (Wildman–Crippen LogP) is 4.87. The number of aryl methyl sites for hydroxylation is 1. The van der Waals surface area contributed by atoms with Gasteiger partial charge in [0, 0.05) is 26.5 Å². The molecule has 3 N–H and O–H groups in total. The van der Waals surface area contributed by atoms with Crippen molar-refractivity contribution in [2.24, 2.45) is 5.84 Å². The van der Waals surface area contributed by atoms with E-state index in [-0.39, 0.29) is 0 Å². The molecular formula is C17H18BrN3. The number of nitrogens with one attached hydrogen (secondary N) is 1. The van der Waals surface area contributed by atoms with Gasteiger partial charge in [0.05, 0.1) is 11.2 Å². The summed E-state index contributed by atoms with van der Waals surface area (Å²) in [5, 5.41) is 3.35. The third-order valence-corrected chi connectivity index (χ3v) is 4.55. The van der Waals surface area contributed by atoms with E-state index in [1.807, 2.05) is 19.1 Å². The number of hydrogen-bond acceptors (Lipinski definition) is 3. The molecule has 108 valence electrons. The van der Waals surface area contributed by atoms with Crippen LogP contribution in [0.1, 0.15) is 31.0 Å². The third-order valence-electron chi connectivity index (χ3n) is 3.90. The Morgan fingerprint density at radius 2 is 1.81 bits per heavy atom. The number of fused-ring (bicyclic) bond motifs is 3. The van der Waals surface area contributed by atoms with E-state index in [1.165, 1.54) is 5.56 Å². The van der Waals surface area contributed by atoms with Crippen LogP contribution in [0.4, 0.5) is 5.69 Å². The molecule has 0 spiro atoms. The topological polar surface area (TPSA) is 50.9 Å². The maximum absolute atomic E-state index is 5.82. The maximum atomic E-state index is 5.82. The van der Waals surface area contributed by atoms with E-state index >= 15 is 0 Å². The molecule has 0 saturated heterocycles. The first-order valence-electron chi connectivity index (χ1n) is 7.02. The highest BCUT2D eigenvalue weighted by atomic mass is 79.9. The van der Waals surface area contributed by atoms with Crippen LogP contribution >= 0.6 is 15.9 Å². The molecule has 21 heavy (non-hydrogen) atoms. The van der Waals surface area contributed by atoms with Gasteiger partial charge in [-0.15, -0.1) is 0 Å². The van der Waals surface area contributed by atoms with Gasteiger partial charge in [0.15, 0.2) is 0 Å². The lowest BCUT2D eigenvalue weighted by atomic mass is 9.95. The van der Waals surface area contributed by atoms with E-state index in [4.69, 9.17) is 10.8 Å². The predicted molar refractivity (Wildman–Crippen MR) is 93.6 cm³/mol. The number of hydrogen-bond donors (Lipinski definition) is 2. The van der Waals surface area contributed by atoms with Crippen LogP contribution in [0.25, 0.3) is 21.7 Å². The summed E-state index contributed by atoms with van der Waals surface area (Å²) in [6, 6.07) is 10.4. The lowest BCUT2D eigenvalue weighted by Gasteiger charge is -2.19. The summed E-state index contributed by atoms with van der Waals surface area (Å²) in [7, 11) is 0. The molecule has 1 heterocycles. The van der Waals surface area contributed by atoms with Gasteiger partial charge in [-0.05, 0) is 24.3 Å². The first-order chi connectivity index (χ1) is 10.0. The van der Waals surface area contributed by atoms with Crippen molar-refractivity contribution in [3.63, 3.8) is 0 Å². The Balaban J connectivity index is 2.56. The molecule has 0 radical (unpaired) electrons. The number of rotatable bonds is 2. The van der Waals surface area contributed by atoms with Gasteiger partial charge in [0.2, 0.25) is 0 Å². The lowest BCUT2D eigenvalue weighted by molar-refractivity contribution is 0.848. The second-order valence-corrected chi connectivity index (χ2v) is 6.44. The van der Waals surface area contributed by atoms with Crippen molar-refractivity contribution < 1.29 is 0 Å². The van der Waals surface area contributed by atoms with Crippen LogP contribution in [-0.4, -0.2) is 4.98 Å². The van der Waals surface area contributed by atoms with E-state index in [9.17, 15) is 0 Å². The zero-order chi connectivity index (χ0) is 15.1. The number of nitrogens with two attached hydrogens (primary N) is 1. The molecule has 0 atom stereocenters. The summed E-state index contributed by atoms with van der Waals surface area (Å²) in [5.41, 5.74) is 7.05. The summed E-state index contributed by atoms with van der Waals surface area (Å²) in [6.45, 7) is 6.37. The van der Waals surface area contributed by atoms with Gasteiger partial charge in [-0.2, -0.15) is 0 Å². The molecule has 0 bridgehead atoms. The van der Waals surface area contributed by atoms with Crippen molar-refractivity contribution in [1.29, 1.82) is 0 Å². The number of aromatic nitrogens is 1. The van der Waals surface area contributed by atoms with Gasteiger partial charge in [0.1, 0.15) is 0 Å². The van der Waals surface area contributed by atoms with Crippen LogP contribution in [0, 0.1) is 6.92 Å². The second-order valence-electron chi connectivity index (χ2n) is 5.59. The minimum atomic E-state index is 0.359. The molecule has 0 aliphatic rings. The van der Waals surface area contributed by atoms with Gasteiger partial charge in [-0.3, -0.25) is 10.8 Å². The van der Waals surface area contributed by atoms with Crippen molar-refractivity contribution in [3.8, 4) is 0 Å². The zero-order valence-corrected chi connectivity index (χ0v) is 14.0. The fraction of sp³-hybridized carbons (Fsp3) is 0.235. The highest BCUT2D eigenvalue weighted by molar-refractivity contribution is 9.10. The van der Waals surface area contributed by atoms with Crippen molar-refractivity contribution in [2.45, 2.75) is 26.7 Å². The number of nitrogen functional groups attached to an aromatic ring is 1. The molecule has 0 aliphatic carbocycles.